The molecule has 0 saturated heterocycles. The number of benzene rings is 1. The van der Waals surface area contributed by atoms with E-state index in [9.17, 15) is 0 Å². The fourth-order valence-electron chi connectivity index (χ4n) is 11.9. The Morgan fingerprint density at radius 2 is 0.727 bits per heavy atom. The number of halogens is 2. The summed E-state index contributed by atoms with van der Waals surface area (Å²) in [5.41, 5.74) is 4.13. The van der Waals surface area contributed by atoms with E-state index in [2.05, 4.69) is 77.9 Å². The van der Waals surface area contributed by atoms with E-state index in [1.807, 2.05) is 22.7 Å². The molecular weight excluding hydrogens is 1040 g/mol. The van der Waals surface area contributed by atoms with Gasteiger partial charge in [-0.1, -0.05) is 259 Å². The third-order valence-corrected chi connectivity index (χ3v) is 21.9. The Morgan fingerprint density at radius 1 is 0.377 bits per heavy atom. The number of aryl methyl sites for hydroxylation is 2. The molecule has 0 radical (unpaired) electrons. The topological polar surface area (TPSA) is 25.8 Å². The molecular formula is C68H102F2N2S5. The maximum Gasteiger partial charge on any atom is 0.170 e. The van der Waals surface area contributed by atoms with Gasteiger partial charge in [-0.05, 0) is 86.1 Å². The van der Waals surface area contributed by atoms with Crippen LogP contribution in [0.5, 0.6) is 0 Å². The molecule has 1 aromatic carbocycles. The molecule has 2 nitrogen and oxygen atoms in total. The first-order valence-corrected chi connectivity index (χ1v) is 35.8. The van der Waals surface area contributed by atoms with Gasteiger partial charge in [-0.15, -0.1) is 45.3 Å². The molecule has 0 bridgehead atoms. The molecule has 5 heterocycles. The van der Waals surface area contributed by atoms with Crippen LogP contribution in [0.2, 0.25) is 0 Å². The summed E-state index contributed by atoms with van der Waals surface area (Å²) < 4.78 is 44.3. The molecule has 0 unspecified atom stereocenters. The average molecular weight is 1150 g/mol. The zero-order valence-electron chi connectivity index (χ0n) is 49.2. The lowest BCUT2D eigenvalue weighted by Crippen LogP contribution is -2.06. The van der Waals surface area contributed by atoms with Crippen LogP contribution >= 0.6 is 57.1 Å². The van der Waals surface area contributed by atoms with Crippen LogP contribution in [0.3, 0.4) is 0 Å². The Kier molecular flexibility index (Phi) is 30.6. The molecule has 6 aromatic rings. The first kappa shape index (κ1) is 63.9. The number of rotatable bonds is 44. The summed E-state index contributed by atoms with van der Waals surface area (Å²) in [5, 5.41) is 0. The molecule has 0 saturated carbocycles. The SMILES string of the molecule is CCCCCCCCCCC(CCCCCCCCCC)Cc1cc(-c2c(F)c(F)c(-c3cc(CC(CCCCCCCCCC)CCCCCCCCCC)c(-c4ccc(-c5ccc(C)s5)s4)s3)c3nsnc23)sc1C. The molecule has 0 amide bonds. The highest BCUT2D eigenvalue weighted by Crippen LogP contribution is 2.49. The van der Waals surface area contributed by atoms with Crippen molar-refractivity contribution in [1.82, 2.24) is 8.75 Å². The highest BCUT2D eigenvalue weighted by Gasteiger charge is 2.29. The van der Waals surface area contributed by atoms with Crippen LogP contribution in [0.15, 0.2) is 36.4 Å². The summed E-state index contributed by atoms with van der Waals surface area (Å²) >= 11 is 8.00. The minimum absolute atomic E-state index is 0.283. The first-order valence-electron chi connectivity index (χ1n) is 31.8. The molecule has 428 valence electrons. The fourth-order valence-corrected chi connectivity index (χ4v) is 16.9. The lowest BCUT2D eigenvalue weighted by molar-refractivity contribution is 0.400. The Hall–Kier alpha value is -2.30. The highest BCUT2D eigenvalue weighted by molar-refractivity contribution is 7.27. The molecule has 0 N–H and O–H groups in total. The molecule has 0 fully saturated rings. The number of hydrogen-bond acceptors (Lipinski definition) is 7. The third-order valence-electron chi connectivity index (χ3n) is 16.6. The molecule has 5 aromatic heterocycles. The van der Waals surface area contributed by atoms with Crippen LogP contribution in [0.4, 0.5) is 8.78 Å². The summed E-state index contributed by atoms with van der Waals surface area (Å²) in [6.07, 6.45) is 49.5. The van der Waals surface area contributed by atoms with Crippen molar-refractivity contribution in [3.63, 3.8) is 0 Å². The quantitative estimate of drug-likeness (QED) is 0.0356. The lowest BCUT2D eigenvalue weighted by atomic mass is 9.88. The predicted octanol–water partition coefficient (Wildman–Crippen LogP) is 25.9. The van der Waals surface area contributed by atoms with Crippen molar-refractivity contribution in [3.05, 3.63) is 68.9 Å². The second-order valence-electron chi connectivity index (χ2n) is 23.3. The van der Waals surface area contributed by atoms with Crippen LogP contribution in [-0.2, 0) is 12.8 Å². The van der Waals surface area contributed by atoms with E-state index in [1.165, 1.54) is 272 Å². The van der Waals surface area contributed by atoms with Crippen molar-refractivity contribution in [2.45, 2.75) is 286 Å². The minimum atomic E-state index is -0.787. The van der Waals surface area contributed by atoms with E-state index in [4.69, 9.17) is 8.75 Å². The monoisotopic (exact) mass is 1140 g/mol. The van der Waals surface area contributed by atoms with Crippen LogP contribution in [-0.4, -0.2) is 8.75 Å². The van der Waals surface area contributed by atoms with E-state index in [1.54, 1.807) is 22.7 Å². The molecule has 0 spiro atoms. The van der Waals surface area contributed by atoms with Gasteiger partial charge >= 0.3 is 0 Å². The number of unbranched alkanes of at least 4 members (excludes halogenated alkanes) is 28. The smallest absolute Gasteiger partial charge is 0.170 e. The maximum absolute atomic E-state index is 17.4. The van der Waals surface area contributed by atoms with E-state index < -0.39 is 11.6 Å². The fraction of sp³-hybridized carbons (Fsp3) is 0.676. The summed E-state index contributed by atoms with van der Waals surface area (Å²) in [6, 6.07) is 13.4. The van der Waals surface area contributed by atoms with Crippen molar-refractivity contribution in [3.8, 4) is 40.4 Å². The minimum Gasteiger partial charge on any atom is -0.203 e. The van der Waals surface area contributed by atoms with E-state index in [0.29, 0.717) is 28.4 Å². The second kappa shape index (κ2) is 36.9. The molecule has 0 aliphatic carbocycles. The van der Waals surface area contributed by atoms with Gasteiger partial charge < -0.3 is 0 Å². The van der Waals surface area contributed by atoms with Crippen molar-refractivity contribution in [2.75, 3.05) is 0 Å². The van der Waals surface area contributed by atoms with Crippen LogP contribution in [0.25, 0.3) is 51.4 Å². The zero-order chi connectivity index (χ0) is 54.5. The van der Waals surface area contributed by atoms with Crippen molar-refractivity contribution in [2.24, 2.45) is 11.8 Å². The predicted molar refractivity (Wildman–Crippen MR) is 343 cm³/mol. The molecule has 6 rings (SSSR count). The third kappa shape index (κ3) is 21.2. The Labute approximate surface area is 488 Å². The van der Waals surface area contributed by atoms with Crippen molar-refractivity contribution >= 4 is 68.1 Å². The van der Waals surface area contributed by atoms with Gasteiger partial charge in [0.05, 0.1) is 22.9 Å². The number of thiophene rings is 4. The first-order chi connectivity index (χ1) is 37.8. The summed E-state index contributed by atoms with van der Waals surface area (Å²) in [4.78, 5) is 9.03. The standard InChI is InChI=1S/C68H102F2N2S5/c1-7-11-15-19-23-27-31-35-39-53(40-36-32-28-24-20-16-12-8-2)47-55-49-60(74-52(55)6)62-64(69)65(70)63(67-66(62)71-77-72-67)61-50-56(68(76-61)59-46-45-58(75-59)57-44-43-51(5)73-57)48-54(41-37-33-29-25-21-17-13-9-3)42-38-34-30-26-22-18-14-10-4/h43-46,49-50,53-54H,7-42,47-48H2,1-6H3. The van der Waals surface area contributed by atoms with Gasteiger partial charge in [0.15, 0.2) is 11.6 Å². The maximum atomic E-state index is 17.4. The van der Waals surface area contributed by atoms with E-state index >= 15 is 8.78 Å². The number of nitrogens with zero attached hydrogens (tertiary/aromatic N) is 2. The van der Waals surface area contributed by atoms with Gasteiger partial charge in [0, 0.05) is 39.0 Å². The zero-order valence-corrected chi connectivity index (χ0v) is 53.3. The second-order valence-corrected chi connectivity index (χ2v) is 28.5. The van der Waals surface area contributed by atoms with Gasteiger partial charge in [-0.2, -0.15) is 8.75 Å². The Balaban J connectivity index is 1.26. The molecule has 9 heteroatoms. The molecule has 0 aliphatic rings. The van der Waals surface area contributed by atoms with Crippen LogP contribution < -0.4 is 0 Å². The van der Waals surface area contributed by atoms with Crippen molar-refractivity contribution in [1.29, 1.82) is 0 Å². The lowest BCUT2D eigenvalue weighted by Gasteiger charge is -2.17. The summed E-state index contributed by atoms with van der Waals surface area (Å²) in [5.74, 6) is -0.410. The highest BCUT2D eigenvalue weighted by atomic mass is 32.1. The number of aromatic nitrogens is 2. The molecule has 77 heavy (non-hydrogen) atoms. The number of hydrogen-bond donors (Lipinski definition) is 0. The summed E-state index contributed by atoms with van der Waals surface area (Å²) in [7, 11) is 0. The van der Waals surface area contributed by atoms with E-state index in [-0.39, 0.29) is 5.56 Å². The normalized spacial score (nSPS) is 12.0. The molecule has 0 atom stereocenters. The van der Waals surface area contributed by atoms with Gasteiger partial charge in [0.1, 0.15) is 11.0 Å². The van der Waals surface area contributed by atoms with Gasteiger partial charge in [-0.25, -0.2) is 8.78 Å². The van der Waals surface area contributed by atoms with Gasteiger partial charge in [-0.3, -0.25) is 0 Å². The van der Waals surface area contributed by atoms with Crippen LogP contribution in [0.1, 0.15) is 280 Å². The van der Waals surface area contributed by atoms with Gasteiger partial charge in [0.2, 0.25) is 0 Å². The van der Waals surface area contributed by atoms with Crippen LogP contribution in [0, 0.1) is 37.3 Å². The van der Waals surface area contributed by atoms with Gasteiger partial charge in [0.25, 0.3) is 0 Å². The largest absolute Gasteiger partial charge is 0.203 e. The van der Waals surface area contributed by atoms with E-state index in [0.717, 1.165) is 34.3 Å². The Bertz CT molecular complexity index is 2460. The number of fused-ring (bicyclic) bond motifs is 1. The summed E-state index contributed by atoms with van der Waals surface area (Å²) in [6.45, 7) is 13.5. The molecule has 0 aliphatic heterocycles. The Morgan fingerprint density at radius 3 is 1.14 bits per heavy atom. The average Bonchev–Trinajstić information content (AvgIpc) is 4.34. The van der Waals surface area contributed by atoms with Crippen molar-refractivity contribution < 1.29 is 8.78 Å².